The maximum atomic E-state index is 11.6. The molecular weight excluding hydrogens is 419 g/mol. The van der Waals surface area contributed by atoms with Crippen LogP contribution in [-0.2, 0) is 0 Å². The molecule has 3 aromatic carbocycles. The molecule has 0 bridgehead atoms. The third kappa shape index (κ3) is 4.27. The fourth-order valence-corrected chi connectivity index (χ4v) is 2.97. The van der Waals surface area contributed by atoms with E-state index in [4.69, 9.17) is 16.9 Å². The third-order valence-electron chi connectivity index (χ3n) is 3.97. The molecule has 0 spiro atoms. The molecule has 0 heterocycles. The van der Waals surface area contributed by atoms with Gasteiger partial charge < -0.3 is 0 Å². The van der Waals surface area contributed by atoms with Crippen molar-refractivity contribution >= 4 is 52.4 Å². The van der Waals surface area contributed by atoms with Crippen LogP contribution in [0.15, 0.2) is 66.7 Å². The standard InChI is InChI=1S/C19H11ClN4O4.ClH/c20-15-11-14(10-9-13(15)12-21)22(16-5-1-3-7-18(16)23(25)26)17-6-2-4-8-19(17)24(27)28;/h1-11H;1H. The van der Waals surface area contributed by atoms with Crippen LogP contribution in [0, 0.1) is 31.6 Å². The highest BCUT2D eigenvalue weighted by atomic mass is 35.5. The quantitative estimate of drug-likeness (QED) is 0.366. The van der Waals surface area contributed by atoms with Crippen molar-refractivity contribution in [3.8, 4) is 6.07 Å². The molecule has 0 saturated carbocycles. The predicted molar refractivity (Wildman–Crippen MR) is 111 cm³/mol. The molecular formula is C19H12Cl2N4O4. The van der Waals surface area contributed by atoms with Gasteiger partial charge in [0.05, 0.1) is 20.4 Å². The first-order valence-electron chi connectivity index (χ1n) is 7.90. The second kappa shape index (κ2) is 9.01. The van der Waals surface area contributed by atoms with Crippen molar-refractivity contribution in [2.45, 2.75) is 0 Å². The van der Waals surface area contributed by atoms with E-state index in [-0.39, 0.29) is 45.7 Å². The van der Waals surface area contributed by atoms with Crippen molar-refractivity contribution in [3.63, 3.8) is 0 Å². The maximum Gasteiger partial charge on any atom is 0.293 e. The van der Waals surface area contributed by atoms with Crippen LogP contribution in [0.4, 0.5) is 28.4 Å². The lowest BCUT2D eigenvalue weighted by molar-refractivity contribution is -0.384. The second-order valence-corrected chi connectivity index (χ2v) is 6.01. The Kier molecular flexibility index (Phi) is 6.72. The molecule has 0 N–H and O–H groups in total. The highest BCUT2D eigenvalue weighted by Crippen LogP contribution is 2.44. The second-order valence-electron chi connectivity index (χ2n) is 5.60. The van der Waals surface area contributed by atoms with Gasteiger partial charge in [-0.25, -0.2) is 0 Å². The lowest BCUT2D eigenvalue weighted by Crippen LogP contribution is -2.13. The Morgan fingerprint density at radius 3 is 1.76 bits per heavy atom. The summed E-state index contributed by atoms with van der Waals surface area (Å²) in [5.74, 6) is 0. The monoisotopic (exact) mass is 430 g/mol. The summed E-state index contributed by atoms with van der Waals surface area (Å²) in [6, 6.07) is 18.1. The predicted octanol–water partition coefficient (Wildman–Crippen LogP) is 5.92. The molecule has 8 nitrogen and oxygen atoms in total. The first kappa shape index (κ1) is 21.6. The fourth-order valence-electron chi connectivity index (χ4n) is 2.76. The summed E-state index contributed by atoms with van der Waals surface area (Å²) in [6.07, 6.45) is 0. The highest BCUT2D eigenvalue weighted by molar-refractivity contribution is 6.32. The zero-order chi connectivity index (χ0) is 20.3. The summed E-state index contributed by atoms with van der Waals surface area (Å²) in [6.45, 7) is 0. The number of anilines is 3. The minimum atomic E-state index is -0.567. The van der Waals surface area contributed by atoms with Crippen LogP contribution >= 0.6 is 24.0 Å². The molecule has 0 radical (unpaired) electrons. The summed E-state index contributed by atoms with van der Waals surface area (Å²) in [7, 11) is 0. The van der Waals surface area contributed by atoms with Crippen molar-refractivity contribution in [1.29, 1.82) is 5.26 Å². The summed E-state index contributed by atoms with van der Waals surface area (Å²) < 4.78 is 0. The molecule has 3 aromatic rings. The molecule has 0 aliphatic carbocycles. The van der Waals surface area contributed by atoms with Crippen LogP contribution in [-0.4, -0.2) is 9.85 Å². The van der Waals surface area contributed by atoms with Gasteiger partial charge in [-0.15, -0.1) is 12.4 Å². The average molecular weight is 431 g/mol. The van der Waals surface area contributed by atoms with E-state index in [9.17, 15) is 20.2 Å². The smallest absolute Gasteiger partial charge is 0.293 e. The van der Waals surface area contributed by atoms with Gasteiger partial charge in [0.1, 0.15) is 17.4 Å². The zero-order valence-corrected chi connectivity index (χ0v) is 16.1. The first-order valence-corrected chi connectivity index (χ1v) is 8.28. The number of hydrogen-bond donors (Lipinski definition) is 0. The highest BCUT2D eigenvalue weighted by Gasteiger charge is 2.27. The van der Waals surface area contributed by atoms with E-state index in [0.717, 1.165) is 0 Å². The molecule has 0 atom stereocenters. The van der Waals surface area contributed by atoms with Crippen molar-refractivity contribution < 1.29 is 9.85 Å². The molecule has 0 aliphatic rings. The third-order valence-corrected chi connectivity index (χ3v) is 4.28. The van der Waals surface area contributed by atoms with Gasteiger partial charge in [0.2, 0.25) is 0 Å². The van der Waals surface area contributed by atoms with Crippen LogP contribution in [0.5, 0.6) is 0 Å². The number of nitrogens with zero attached hydrogens (tertiary/aromatic N) is 4. The van der Waals surface area contributed by atoms with Gasteiger partial charge in [-0.3, -0.25) is 25.1 Å². The van der Waals surface area contributed by atoms with E-state index in [1.54, 1.807) is 12.1 Å². The van der Waals surface area contributed by atoms with Crippen LogP contribution in [0.1, 0.15) is 5.56 Å². The summed E-state index contributed by atoms with van der Waals surface area (Å²) >= 11 is 6.14. The topological polar surface area (TPSA) is 113 Å². The number of benzene rings is 3. The minimum Gasteiger partial charge on any atom is -0.298 e. The van der Waals surface area contributed by atoms with E-state index in [1.165, 1.54) is 59.5 Å². The number of halogens is 2. The number of rotatable bonds is 5. The number of hydrogen-bond acceptors (Lipinski definition) is 6. The Balaban J connectivity index is 0.00000300. The molecule has 0 aromatic heterocycles. The number of nitriles is 1. The molecule has 0 amide bonds. The lowest BCUT2D eigenvalue weighted by Gasteiger charge is -2.25. The summed E-state index contributed by atoms with van der Waals surface area (Å²) in [5, 5.41) is 32.3. The minimum absolute atomic E-state index is 0. The molecule has 0 unspecified atom stereocenters. The van der Waals surface area contributed by atoms with Crippen LogP contribution in [0.3, 0.4) is 0 Å². The zero-order valence-electron chi connectivity index (χ0n) is 14.6. The molecule has 146 valence electrons. The van der Waals surface area contributed by atoms with E-state index in [2.05, 4.69) is 0 Å². The van der Waals surface area contributed by atoms with Gasteiger partial charge in [-0.2, -0.15) is 5.26 Å². The van der Waals surface area contributed by atoms with Gasteiger partial charge >= 0.3 is 0 Å². The van der Waals surface area contributed by atoms with E-state index in [0.29, 0.717) is 5.69 Å². The van der Waals surface area contributed by atoms with E-state index in [1.807, 2.05) is 6.07 Å². The van der Waals surface area contributed by atoms with Gasteiger partial charge in [0.15, 0.2) is 0 Å². The van der Waals surface area contributed by atoms with Gasteiger partial charge in [0, 0.05) is 17.8 Å². The van der Waals surface area contributed by atoms with Crippen molar-refractivity contribution in [2.75, 3.05) is 4.90 Å². The molecule has 10 heteroatoms. The van der Waals surface area contributed by atoms with Crippen LogP contribution < -0.4 is 4.90 Å². The van der Waals surface area contributed by atoms with E-state index >= 15 is 0 Å². The molecule has 29 heavy (non-hydrogen) atoms. The largest absolute Gasteiger partial charge is 0.298 e. The van der Waals surface area contributed by atoms with Gasteiger partial charge in [-0.1, -0.05) is 35.9 Å². The average Bonchev–Trinajstić information content (AvgIpc) is 2.69. The Morgan fingerprint density at radius 2 is 1.34 bits per heavy atom. The molecule has 0 fully saturated rings. The van der Waals surface area contributed by atoms with Crippen molar-refractivity contribution in [1.82, 2.24) is 0 Å². The molecule has 0 aliphatic heterocycles. The number of para-hydroxylation sites is 4. The fraction of sp³-hybridized carbons (Fsp3) is 0. The Hall–Kier alpha value is -3.67. The molecule has 3 rings (SSSR count). The Morgan fingerprint density at radius 1 is 0.862 bits per heavy atom. The maximum absolute atomic E-state index is 11.6. The van der Waals surface area contributed by atoms with Crippen molar-refractivity contribution in [2.24, 2.45) is 0 Å². The Bertz CT molecular complexity index is 1070. The summed E-state index contributed by atoms with van der Waals surface area (Å²) in [5.41, 5.74) is 0.343. The normalized spacial score (nSPS) is 9.79. The molecule has 0 saturated heterocycles. The van der Waals surface area contributed by atoms with E-state index < -0.39 is 9.85 Å². The van der Waals surface area contributed by atoms with Gasteiger partial charge in [0.25, 0.3) is 11.4 Å². The number of nitro groups is 2. The van der Waals surface area contributed by atoms with Gasteiger partial charge in [-0.05, 0) is 30.3 Å². The van der Waals surface area contributed by atoms with Crippen molar-refractivity contribution in [3.05, 3.63) is 97.5 Å². The van der Waals surface area contributed by atoms with Crippen LogP contribution in [0.25, 0.3) is 0 Å². The number of nitro benzene ring substituents is 2. The lowest BCUT2D eigenvalue weighted by atomic mass is 10.1. The summed E-state index contributed by atoms with van der Waals surface area (Å²) in [4.78, 5) is 23.3. The SMILES string of the molecule is Cl.N#Cc1ccc(N(c2ccccc2[N+](=O)[O-])c2ccccc2[N+](=O)[O-])cc1Cl. The first-order chi connectivity index (χ1) is 13.4. The van der Waals surface area contributed by atoms with Crippen LogP contribution in [0.2, 0.25) is 5.02 Å². The Labute approximate surface area is 176 Å².